The highest BCUT2D eigenvalue weighted by atomic mass is 16.5. The van der Waals surface area contributed by atoms with Crippen molar-refractivity contribution in [3.8, 4) is 0 Å². The summed E-state index contributed by atoms with van der Waals surface area (Å²) in [4.78, 5) is 7.12. The van der Waals surface area contributed by atoms with Crippen molar-refractivity contribution in [3.63, 3.8) is 0 Å². The highest BCUT2D eigenvalue weighted by Crippen LogP contribution is 2.26. The molecule has 0 saturated carbocycles. The van der Waals surface area contributed by atoms with Gasteiger partial charge in [-0.05, 0) is 38.9 Å². The predicted molar refractivity (Wildman–Crippen MR) is 78.6 cm³/mol. The summed E-state index contributed by atoms with van der Waals surface area (Å²) in [5, 5.41) is 3.35. The Hall–Kier alpha value is -1.13. The second-order valence-electron chi connectivity index (χ2n) is 5.71. The Labute approximate surface area is 116 Å². The van der Waals surface area contributed by atoms with Crippen LogP contribution in [0.4, 0.5) is 5.82 Å². The summed E-state index contributed by atoms with van der Waals surface area (Å²) in [5.74, 6) is 1.06. The summed E-state index contributed by atoms with van der Waals surface area (Å²) in [7, 11) is 0. The number of nitrogens with zero attached hydrogens (tertiary/aromatic N) is 2. The fraction of sp³-hybridized carbons (Fsp3) is 0.667. The topological polar surface area (TPSA) is 37.4 Å². The Morgan fingerprint density at radius 1 is 1.42 bits per heavy atom. The Bertz CT molecular complexity index is 431. The van der Waals surface area contributed by atoms with Gasteiger partial charge in [0.2, 0.25) is 0 Å². The second-order valence-corrected chi connectivity index (χ2v) is 5.71. The van der Waals surface area contributed by atoms with Crippen molar-refractivity contribution in [1.82, 2.24) is 10.3 Å². The molecule has 1 aromatic heterocycles. The normalized spacial score (nSPS) is 18.6. The van der Waals surface area contributed by atoms with Gasteiger partial charge in [0.05, 0.1) is 18.8 Å². The van der Waals surface area contributed by atoms with E-state index in [1.165, 1.54) is 5.56 Å². The number of hydrogen-bond donors (Lipinski definition) is 1. The second kappa shape index (κ2) is 5.88. The van der Waals surface area contributed by atoms with Gasteiger partial charge in [-0.25, -0.2) is 4.98 Å². The number of rotatable bonds is 4. The number of hydrogen-bond acceptors (Lipinski definition) is 4. The summed E-state index contributed by atoms with van der Waals surface area (Å²) in [6.45, 7) is 12.9. The monoisotopic (exact) mass is 263 g/mol. The van der Waals surface area contributed by atoms with Crippen molar-refractivity contribution >= 4 is 5.82 Å². The van der Waals surface area contributed by atoms with Crippen molar-refractivity contribution in [2.45, 2.75) is 39.8 Å². The first-order valence-corrected chi connectivity index (χ1v) is 7.07. The van der Waals surface area contributed by atoms with E-state index in [-0.39, 0.29) is 5.54 Å². The molecule has 1 saturated heterocycles. The third kappa shape index (κ3) is 3.25. The molecule has 106 valence electrons. The maximum Gasteiger partial charge on any atom is 0.129 e. The van der Waals surface area contributed by atoms with E-state index in [1.54, 1.807) is 0 Å². The largest absolute Gasteiger partial charge is 0.377 e. The molecule has 0 aromatic carbocycles. The molecule has 1 aromatic rings. The van der Waals surface area contributed by atoms with Crippen LogP contribution < -0.4 is 10.2 Å². The molecular weight excluding hydrogens is 238 g/mol. The Kier molecular flexibility index (Phi) is 4.42. The molecule has 0 bridgehead atoms. The minimum atomic E-state index is 0.0148. The van der Waals surface area contributed by atoms with Crippen LogP contribution in [0.5, 0.6) is 0 Å². The van der Waals surface area contributed by atoms with E-state index < -0.39 is 0 Å². The highest BCUT2D eigenvalue weighted by molar-refractivity contribution is 5.44. The number of ether oxygens (including phenoxy) is 1. The van der Waals surface area contributed by atoms with Crippen LogP contribution in [-0.4, -0.2) is 36.8 Å². The number of anilines is 1. The molecular formula is C15H25N3O. The summed E-state index contributed by atoms with van der Waals surface area (Å²) < 4.78 is 5.56. The molecule has 0 aliphatic carbocycles. The van der Waals surface area contributed by atoms with Gasteiger partial charge < -0.3 is 15.0 Å². The van der Waals surface area contributed by atoms with Crippen LogP contribution in [0.2, 0.25) is 0 Å². The van der Waals surface area contributed by atoms with Gasteiger partial charge in [-0.15, -0.1) is 0 Å². The predicted octanol–water partition coefficient (Wildman–Crippen LogP) is 2.11. The van der Waals surface area contributed by atoms with Crippen molar-refractivity contribution in [2.75, 3.05) is 31.2 Å². The molecule has 1 fully saturated rings. The van der Waals surface area contributed by atoms with Crippen LogP contribution in [0.25, 0.3) is 0 Å². The molecule has 2 heterocycles. The van der Waals surface area contributed by atoms with Crippen molar-refractivity contribution in [1.29, 1.82) is 0 Å². The number of morpholine rings is 1. The smallest absolute Gasteiger partial charge is 0.129 e. The van der Waals surface area contributed by atoms with E-state index in [9.17, 15) is 0 Å². The summed E-state index contributed by atoms with van der Waals surface area (Å²) in [6.07, 6.45) is 0. The lowest BCUT2D eigenvalue weighted by atomic mass is 10.0. The van der Waals surface area contributed by atoms with E-state index >= 15 is 0 Å². The van der Waals surface area contributed by atoms with E-state index in [0.717, 1.165) is 44.4 Å². The van der Waals surface area contributed by atoms with Crippen LogP contribution in [0.1, 0.15) is 32.0 Å². The molecule has 19 heavy (non-hydrogen) atoms. The Balaban J connectivity index is 2.19. The van der Waals surface area contributed by atoms with E-state index in [4.69, 9.17) is 9.72 Å². The van der Waals surface area contributed by atoms with Gasteiger partial charge >= 0.3 is 0 Å². The first-order chi connectivity index (χ1) is 9.04. The molecule has 1 aliphatic rings. The summed E-state index contributed by atoms with van der Waals surface area (Å²) in [5.41, 5.74) is 2.40. The zero-order valence-electron chi connectivity index (χ0n) is 12.5. The van der Waals surface area contributed by atoms with Gasteiger partial charge in [-0.2, -0.15) is 0 Å². The lowest BCUT2D eigenvalue weighted by Crippen LogP contribution is -2.53. The molecule has 0 amide bonds. The van der Waals surface area contributed by atoms with Crippen molar-refractivity contribution < 1.29 is 4.74 Å². The molecule has 4 nitrogen and oxygen atoms in total. The van der Waals surface area contributed by atoms with Crippen LogP contribution in [0, 0.1) is 6.92 Å². The number of aromatic nitrogens is 1. The third-order valence-electron chi connectivity index (χ3n) is 3.67. The third-order valence-corrected chi connectivity index (χ3v) is 3.67. The molecule has 0 radical (unpaired) electrons. The average molecular weight is 263 g/mol. The zero-order valence-corrected chi connectivity index (χ0v) is 12.5. The van der Waals surface area contributed by atoms with Crippen molar-refractivity contribution in [2.24, 2.45) is 0 Å². The fourth-order valence-corrected chi connectivity index (χ4v) is 2.46. The zero-order chi connectivity index (χ0) is 13.9. The summed E-state index contributed by atoms with van der Waals surface area (Å²) >= 11 is 0. The van der Waals surface area contributed by atoms with Crippen LogP contribution in [0.3, 0.4) is 0 Å². The van der Waals surface area contributed by atoms with Crippen LogP contribution in [0.15, 0.2) is 12.1 Å². The molecule has 0 atom stereocenters. The first kappa shape index (κ1) is 14.3. The minimum absolute atomic E-state index is 0.0148. The molecule has 1 N–H and O–H groups in total. The molecule has 0 unspecified atom stereocenters. The minimum Gasteiger partial charge on any atom is -0.377 e. The van der Waals surface area contributed by atoms with Gasteiger partial charge in [0, 0.05) is 18.8 Å². The van der Waals surface area contributed by atoms with Crippen molar-refractivity contribution in [3.05, 3.63) is 23.4 Å². The molecule has 2 rings (SSSR count). The van der Waals surface area contributed by atoms with Gasteiger partial charge in [0.25, 0.3) is 0 Å². The standard InChI is InChI=1S/C15H25N3O/c1-5-16-10-13-6-7-14(17-12(13)2)18-8-9-19-11-15(18,3)4/h6-7,16H,5,8-11H2,1-4H3. The quantitative estimate of drug-likeness (QED) is 0.903. The average Bonchev–Trinajstić information content (AvgIpc) is 2.37. The van der Waals surface area contributed by atoms with Crippen LogP contribution in [-0.2, 0) is 11.3 Å². The fourth-order valence-electron chi connectivity index (χ4n) is 2.46. The van der Waals surface area contributed by atoms with Gasteiger partial charge in [0.15, 0.2) is 0 Å². The molecule has 4 heteroatoms. The maximum absolute atomic E-state index is 5.56. The van der Waals surface area contributed by atoms with Gasteiger partial charge in [-0.1, -0.05) is 13.0 Å². The number of nitrogens with one attached hydrogen (secondary N) is 1. The highest BCUT2D eigenvalue weighted by Gasteiger charge is 2.31. The Morgan fingerprint density at radius 3 is 2.84 bits per heavy atom. The van der Waals surface area contributed by atoms with E-state index in [1.807, 2.05) is 0 Å². The Morgan fingerprint density at radius 2 is 2.21 bits per heavy atom. The lowest BCUT2D eigenvalue weighted by Gasteiger charge is -2.43. The lowest BCUT2D eigenvalue weighted by molar-refractivity contribution is 0.0639. The number of aryl methyl sites for hydroxylation is 1. The van der Waals surface area contributed by atoms with Gasteiger partial charge in [-0.3, -0.25) is 0 Å². The first-order valence-electron chi connectivity index (χ1n) is 7.07. The maximum atomic E-state index is 5.56. The number of pyridine rings is 1. The van der Waals surface area contributed by atoms with E-state index in [2.05, 4.69) is 50.0 Å². The SMILES string of the molecule is CCNCc1ccc(N2CCOCC2(C)C)nc1C. The van der Waals surface area contributed by atoms with Crippen LogP contribution >= 0.6 is 0 Å². The van der Waals surface area contributed by atoms with Gasteiger partial charge in [0.1, 0.15) is 5.82 Å². The molecule has 1 aliphatic heterocycles. The van der Waals surface area contributed by atoms with E-state index in [0.29, 0.717) is 0 Å². The summed E-state index contributed by atoms with van der Waals surface area (Å²) in [6, 6.07) is 4.32. The molecule has 0 spiro atoms.